The van der Waals surface area contributed by atoms with E-state index in [1.165, 1.54) is 0 Å². The molecule has 4 heterocycles. The SMILES string of the molecule is O=C1CCC(=O)N1C(CC(C(=O)O)(N1C(=O)CCC1=O)N1C(=O)CCC1=O)(C(=O)O)N1C(=O)CCC1=O. The molecule has 0 aromatic heterocycles. The highest BCUT2D eigenvalue weighted by atomic mass is 16.4. The molecule has 0 aromatic rings. The van der Waals surface area contributed by atoms with Crippen LogP contribution in [0.4, 0.5) is 0 Å². The van der Waals surface area contributed by atoms with Gasteiger partial charge in [0.1, 0.15) is 0 Å². The van der Waals surface area contributed by atoms with Crippen molar-refractivity contribution in [3.8, 4) is 0 Å². The second kappa shape index (κ2) is 8.56. The summed E-state index contributed by atoms with van der Waals surface area (Å²) in [6, 6.07) is 0. The molecular weight excluding hydrogens is 500 g/mol. The number of carbonyl (C=O) groups is 10. The van der Waals surface area contributed by atoms with Crippen LogP contribution in [0, 0.1) is 0 Å². The van der Waals surface area contributed by atoms with Gasteiger partial charge in [0.15, 0.2) is 0 Å². The van der Waals surface area contributed by atoms with Crippen LogP contribution in [0.2, 0.25) is 0 Å². The van der Waals surface area contributed by atoms with Crippen molar-refractivity contribution < 1.29 is 58.2 Å². The van der Waals surface area contributed by atoms with Crippen molar-refractivity contribution in [3.05, 3.63) is 0 Å². The highest BCUT2D eigenvalue weighted by Crippen LogP contribution is 2.44. The lowest BCUT2D eigenvalue weighted by atomic mass is 9.88. The number of rotatable bonds is 8. The summed E-state index contributed by atoms with van der Waals surface area (Å²) >= 11 is 0. The molecule has 0 bridgehead atoms. The van der Waals surface area contributed by atoms with Gasteiger partial charge in [-0.15, -0.1) is 0 Å². The number of likely N-dealkylation sites (tertiary alicyclic amines) is 4. The average molecular weight is 520 g/mol. The van der Waals surface area contributed by atoms with Crippen LogP contribution in [0.25, 0.3) is 0 Å². The fourth-order valence-corrected chi connectivity index (χ4v) is 5.35. The molecular formula is C21H20N4O12. The molecule has 2 N–H and O–H groups in total. The van der Waals surface area contributed by atoms with Crippen molar-refractivity contribution in [2.24, 2.45) is 0 Å². The number of carbonyl (C=O) groups excluding carboxylic acids is 8. The van der Waals surface area contributed by atoms with Crippen LogP contribution in [-0.4, -0.2) is 100 Å². The first-order valence-corrected chi connectivity index (χ1v) is 11.2. The number of carboxylic acid groups (broad SMARTS) is 2. The molecule has 4 aliphatic heterocycles. The summed E-state index contributed by atoms with van der Waals surface area (Å²) in [5.41, 5.74) is -6.83. The molecule has 37 heavy (non-hydrogen) atoms. The fourth-order valence-electron chi connectivity index (χ4n) is 5.35. The minimum absolute atomic E-state index is 0.0458. The van der Waals surface area contributed by atoms with Crippen LogP contribution in [0.3, 0.4) is 0 Å². The van der Waals surface area contributed by atoms with Crippen molar-refractivity contribution in [3.63, 3.8) is 0 Å². The molecule has 0 unspecified atom stereocenters. The highest BCUT2D eigenvalue weighted by Gasteiger charge is 2.71. The van der Waals surface area contributed by atoms with Crippen molar-refractivity contribution in [2.45, 2.75) is 69.1 Å². The standard InChI is InChI=1S/C21H20N4O12/c26-10-1-2-11(27)22(10)20(18(34)35,23-12(28)3-4-13(23)29)9-21(19(36)37,24-14(30)5-6-15(24)31)25-16(32)7-8-17(25)33/h1-9H2,(H,34,35)(H,36,37). The van der Waals surface area contributed by atoms with E-state index < -0.39 is 128 Å². The lowest BCUT2D eigenvalue weighted by Crippen LogP contribution is -2.77. The maximum atomic E-state index is 13.0. The van der Waals surface area contributed by atoms with Gasteiger partial charge in [0.05, 0.1) is 6.42 Å². The Morgan fingerprint density at radius 2 is 0.622 bits per heavy atom. The highest BCUT2D eigenvalue weighted by molar-refractivity contribution is 6.14. The van der Waals surface area contributed by atoms with Crippen molar-refractivity contribution in [1.82, 2.24) is 19.6 Å². The Balaban J connectivity index is 2.08. The van der Waals surface area contributed by atoms with E-state index in [2.05, 4.69) is 0 Å². The summed E-state index contributed by atoms with van der Waals surface area (Å²) in [5, 5.41) is 20.9. The summed E-state index contributed by atoms with van der Waals surface area (Å²) in [7, 11) is 0. The van der Waals surface area contributed by atoms with Gasteiger partial charge in [-0.25, -0.2) is 29.2 Å². The Hall–Kier alpha value is -4.50. The number of aliphatic carboxylic acids is 2. The van der Waals surface area contributed by atoms with Crippen LogP contribution in [-0.2, 0) is 47.9 Å². The predicted molar refractivity (Wildman–Crippen MR) is 110 cm³/mol. The summed E-state index contributed by atoms with van der Waals surface area (Å²) < 4.78 is 0. The number of amides is 8. The second-order valence-corrected chi connectivity index (χ2v) is 8.91. The molecule has 0 atom stereocenters. The maximum Gasteiger partial charge on any atom is 0.352 e. The molecule has 4 rings (SSSR count). The predicted octanol–water partition coefficient (Wildman–Crippen LogP) is -2.47. The third-order valence-corrected chi connectivity index (χ3v) is 6.86. The second-order valence-electron chi connectivity index (χ2n) is 8.91. The molecule has 16 nitrogen and oxygen atoms in total. The largest absolute Gasteiger partial charge is 0.478 e. The van der Waals surface area contributed by atoms with E-state index in [0.717, 1.165) is 0 Å². The number of carboxylic acids is 2. The van der Waals surface area contributed by atoms with Gasteiger partial charge in [-0.2, -0.15) is 0 Å². The van der Waals surface area contributed by atoms with E-state index in [-0.39, 0.29) is 19.6 Å². The molecule has 0 aliphatic carbocycles. The van der Waals surface area contributed by atoms with Crippen LogP contribution in [0.5, 0.6) is 0 Å². The minimum atomic E-state index is -3.42. The van der Waals surface area contributed by atoms with E-state index in [4.69, 9.17) is 0 Å². The van der Waals surface area contributed by atoms with E-state index in [0.29, 0.717) is 0 Å². The summed E-state index contributed by atoms with van der Waals surface area (Å²) in [5.74, 6) is -13.9. The van der Waals surface area contributed by atoms with Crippen molar-refractivity contribution in [2.75, 3.05) is 0 Å². The normalized spacial score (nSPS) is 21.4. The summed E-state index contributed by atoms with van der Waals surface area (Å²) in [6.07, 6.45) is -6.11. The lowest BCUT2D eigenvalue weighted by Gasteiger charge is -2.50. The zero-order valence-corrected chi connectivity index (χ0v) is 19.1. The zero-order chi connectivity index (χ0) is 27.4. The van der Waals surface area contributed by atoms with Gasteiger partial charge in [-0.05, 0) is 0 Å². The van der Waals surface area contributed by atoms with Gasteiger partial charge >= 0.3 is 11.9 Å². The fraction of sp³-hybridized carbons (Fsp3) is 0.524. The molecule has 196 valence electrons. The zero-order valence-electron chi connectivity index (χ0n) is 19.1. The number of imide groups is 4. The van der Waals surface area contributed by atoms with E-state index in [1.54, 1.807) is 0 Å². The van der Waals surface area contributed by atoms with Gasteiger partial charge in [0.2, 0.25) is 58.6 Å². The van der Waals surface area contributed by atoms with Gasteiger partial charge in [-0.3, -0.25) is 38.4 Å². The smallest absolute Gasteiger partial charge is 0.352 e. The maximum absolute atomic E-state index is 13.0. The number of nitrogens with zero attached hydrogens (tertiary/aromatic N) is 4. The molecule has 16 heteroatoms. The van der Waals surface area contributed by atoms with E-state index in [9.17, 15) is 58.2 Å². The van der Waals surface area contributed by atoms with Crippen molar-refractivity contribution in [1.29, 1.82) is 0 Å². The number of hydrogen-bond donors (Lipinski definition) is 2. The number of hydrogen-bond acceptors (Lipinski definition) is 10. The first kappa shape index (κ1) is 25.6. The van der Waals surface area contributed by atoms with Crippen molar-refractivity contribution >= 4 is 59.2 Å². The van der Waals surface area contributed by atoms with Crippen LogP contribution in [0.15, 0.2) is 0 Å². The quantitative estimate of drug-likeness (QED) is 0.318. The third kappa shape index (κ3) is 3.42. The van der Waals surface area contributed by atoms with Gasteiger partial charge in [-0.1, -0.05) is 0 Å². The van der Waals surface area contributed by atoms with Crippen LogP contribution < -0.4 is 0 Å². The Morgan fingerprint density at radius 3 is 0.757 bits per heavy atom. The monoisotopic (exact) mass is 520 g/mol. The topological polar surface area (TPSA) is 224 Å². The van der Waals surface area contributed by atoms with Crippen LogP contribution in [0.1, 0.15) is 57.8 Å². The van der Waals surface area contributed by atoms with Gasteiger partial charge in [0, 0.05) is 51.4 Å². The Labute approximate surface area is 206 Å². The lowest BCUT2D eigenvalue weighted by molar-refractivity contribution is -0.201. The Kier molecular flexibility index (Phi) is 5.92. The molecule has 0 saturated carbocycles. The summed E-state index contributed by atoms with van der Waals surface area (Å²) in [6.45, 7) is 0. The summed E-state index contributed by atoms with van der Waals surface area (Å²) in [4.78, 5) is 129. The van der Waals surface area contributed by atoms with Gasteiger partial charge < -0.3 is 10.2 Å². The third-order valence-electron chi connectivity index (χ3n) is 6.86. The molecule has 8 amide bonds. The average Bonchev–Trinajstić information content (AvgIpc) is 3.54. The molecule has 0 radical (unpaired) electrons. The van der Waals surface area contributed by atoms with Gasteiger partial charge in [0.25, 0.3) is 0 Å². The Morgan fingerprint density at radius 1 is 0.459 bits per heavy atom. The van der Waals surface area contributed by atoms with E-state index in [1.807, 2.05) is 0 Å². The molecule has 0 aromatic carbocycles. The molecule has 4 fully saturated rings. The Bertz CT molecular complexity index is 994. The first-order chi connectivity index (χ1) is 17.3. The minimum Gasteiger partial charge on any atom is -0.478 e. The van der Waals surface area contributed by atoms with E-state index >= 15 is 0 Å². The molecule has 0 spiro atoms. The molecule has 4 saturated heterocycles. The molecule has 4 aliphatic rings. The van der Waals surface area contributed by atoms with Crippen LogP contribution >= 0.6 is 0 Å². The first-order valence-electron chi connectivity index (χ1n) is 11.2.